The highest BCUT2D eigenvalue weighted by atomic mass is 32.1. The predicted octanol–water partition coefficient (Wildman–Crippen LogP) is 4.21. The minimum Gasteiger partial charge on any atom is -0.444 e. The normalized spacial score (nSPS) is 17.4. The largest absolute Gasteiger partial charge is 0.444 e. The Morgan fingerprint density at radius 3 is 2.40 bits per heavy atom. The van der Waals surface area contributed by atoms with Crippen LogP contribution in [0.3, 0.4) is 0 Å². The van der Waals surface area contributed by atoms with Gasteiger partial charge < -0.3 is 15.0 Å². The number of likely N-dealkylation sites (tertiary alicyclic amines) is 1. The highest BCUT2D eigenvalue weighted by Gasteiger charge is 2.31. The summed E-state index contributed by atoms with van der Waals surface area (Å²) in [4.78, 5) is 27.7. The van der Waals surface area contributed by atoms with E-state index in [1.165, 1.54) is 4.88 Å². The van der Waals surface area contributed by atoms with E-state index in [9.17, 15) is 9.59 Å². The fraction of sp³-hybridized carbons (Fsp3) is 0.684. The van der Waals surface area contributed by atoms with Crippen molar-refractivity contribution in [3.8, 4) is 0 Å². The van der Waals surface area contributed by atoms with E-state index in [4.69, 9.17) is 4.74 Å². The Labute approximate surface area is 154 Å². The van der Waals surface area contributed by atoms with Crippen LogP contribution in [-0.2, 0) is 9.53 Å². The van der Waals surface area contributed by atoms with Crippen molar-refractivity contribution in [2.45, 2.75) is 59.1 Å². The van der Waals surface area contributed by atoms with Crippen LogP contribution < -0.4 is 5.32 Å². The fourth-order valence-electron chi connectivity index (χ4n) is 2.96. The Morgan fingerprint density at radius 1 is 1.28 bits per heavy atom. The second-order valence-electron chi connectivity index (χ2n) is 7.99. The lowest BCUT2D eigenvalue weighted by Gasteiger charge is -2.33. The molecule has 0 unspecified atom stereocenters. The van der Waals surface area contributed by atoms with Gasteiger partial charge >= 0.3 is 6.09 Å². The van der Waals surface area contributed by atoms with Crippen molar-refractivity contribution >= 4 is 23.3 Å². The van der Waals surface area contributed by atoms with Crippen molar-refractivity contribution in [1.29, 1.82) is 0 Å². The van der Waals surface area contributed by atoms with Crippen molar-refractivity contribution in [3.05, 3.63) is 22.4 Å². The molecule has 0 bridgehead atoms. The topological polar surface area (TPSA) is 58.6 Å². The van der Waals surface area contributed by atoms with Gasteiger partial charge in [-0.1, -0.05) is 19.9 Å². The molecule has 6 heteroatoms. The number of nitrogens with one attached hydrogen (secondary N) is 1. The number of amides is 2. The second-order valence-corrected chi connectivity index (χ2v) is 8.97. The molecule has 2 rings (SSSR count). The zero-order chi connectivity index (χ0) is 18.6. The number of thiophene rings is 1. The Hall–Kier alpha value is -1.56. The Kier molecular flexibility index (Phi) is 6.49. The molecule has 140 valence electrons. The van der Waals surface area contributed by atoms with Crippen LogP contribution in [0.15, 0.2) is 17.5 Å². The second kappa shape index (κ2) is 8.21. The van der Waals surface area contributed by atoms with E-state index in [-0.39, 0.29) is 24.0 Å². The van der Waals surface area contributed by atoms with E-state index in [2.05, 4.69) is 25.2 Å². The lowest BCUT2D eigenvalue weighted by molar-refractivity contribution is -0.127. The number of hydrogen-bond donors (Lipinski definition) is 1. The first-order chi connectivity index (χ1) is 11.7. The molecule has 1 fully saturated rings. The number of carbonyl (C=O) groups excluding carboxylic acids is 2. The summed E-state index contributed by atoms with van der Waals surface area (Å²) in [6.07, 6.45) is 1.07. The lowest BCUT2D eigenvalue weighted by Crippen LogP contribution is -2.45. The van der Waals surface area contributed by atoms with E-state index in [1.807, 2.05) is 32.2 Å². The van der Waals surface area contributed by atoms with Crippen molar-refractivity contribution in [3.63, 3.8) is 0 Å². The van der Waals surface area contributed by atoms with Crippen LogP contribution in [0.5, 0.6) is 0 Å². The lowest BCUT2D eigenvalue weighted by atomic mass is 9.94. The van der Waals surface area contributed by atoms with Gasteiger partial charge in [0.2, 0.25) is 5.91 Å². The quantitative estimate of drug-likeness (QED) is 0.868. The van der Waals surface area contributed by atoms with Gasteiger partial charge in [-0.3, -0.25) is 4.79 Å². The number of ether oxygens (including phenoxy) is 1. The fourth-order valence-corrected chi connectivity index (χ4v) is 3.91. The Bertz CT molecular complexity index is 570. The molecule has 1 aromatic rings. The maximum atomic E-state index is 12.7. The van der Waals surface area contributed by atoms with E-state index >= 15 is 0 Å². The maximum absolute atomic E-state index is 12.7. The van der Waals surface area contributed by atoms with Crippen LogP contribution in [-0.4, -0.2) is 35.6 Å². The zero-order valence-electron chi connectivity index (χ0n) is 15.9. The monoisotopic (exact) mass is 366 g/mol. The van der Waals surface area contributed by atoms with Gasteiger partial charge in [0.05, 0.1) is 6.04 Å². The molecule has 2 amide bonds. The molecule has 0 aliphatic carbocycles. The summed E-state index contributed by atoms with van der Waals surface area (Å²) in [5.41, 5.74) is -0.490. The third kappa shape index (κ3) is 5.73. The molecule has 0 spiro atoms. The molecular weight excluding hydrogens is 336 g/mol. The van der Waals surface area contributed by atoms with Crippen LogP contribution in [0, 0.1) is 11.8 Å². The molecule has 1 aromatic heterocycles. The highest BCUT2D eigenvalue weighted by molar-refractivity contribution is 7.10. The first-order valence-electron chi connectivity index (χ1n) is 8.99. The zero-order valence-corrected chi connectivity index (χ0v) is 16.7. The SMILES string of the molecule is CC(C)[C@@H](NC(=O)C1CCN(C(=O)OC(C)(C)C)CC1)c1cccs1. The summed E-state index contributed by atoms with van der Waals surface area (Å²) >= 11 is 1.67. The molecule has 25 heavy (non-hydrogen) atoms. The Morgan fingerprint density at radius 2 is 1.92 bits per heavy atom. The van der Waals surface area contributed by atoms with Gasteiger partial charge in [-0.25, -0.2) is 4.79 Å². The van der Waals surface area contributed by atoms with E-state index in [1.54, 1.807) is 16.2 Å². The van der Waals surface area contributed by atoms with E-state index in [0.29, 0.717) is 31.8 Å². The van der Waals surface area contributed by atoms with Gasteiger partial charge in [0.1, 0.15) is 5.60 Å². The third-order valence-electron chi connectivity index (χ3n) is 4.33. The molecule has 1 atom stereocenters. The first-order valence-corrected chi connectivity index (χ1v) is 9.87. The molecule has 1 aliphatic heterocycles. The van der Waals surface area contributed by atoms with Crippen LogP contribution in [0.25, 0.3) is 0 Å². The number of hydrogen-bond acceptors (Lipinski definition) is 4. The van der Waals surface area contributed by atoms with Crippen LogP contribution >= 0.6 is 11.3 Å². The number of carbonyl (C=O) groups is 2. The van der Waals surface area contributed by atoms with Crippen LogP contribution in [0.4, 0.5) is 4.79 Å². The number of nitrogens with zero attached hydrogens (tertiary/aromatic N) is 1. The van der Waals surface area contributed by atoms with Crippen molar-refractivity contribution in [1.82, 2.24) is 10.2 Å². The van der Waals surface area contributed by atoms with Crippen LogP contribution in [0.1, 0.15) is 58.4 Å². The first kappa shape index (κ1) is 19.8. The maximum Gasteiger partial charge on any atom is 0.410 e. The minimum atomic E-state index is -0.490. The standard InChI is InChI=1S/C19H30N2O3S/c1-13(2)16(15-7-6-12-25-15)20-17(22)14-8-10-21(11-9-14)18(23)24-19(3,4)5/h6-7,12-14,16H,8-11H2,1-5H3,(H,20,22)/t16-/m1/s1. The van der Waals surface area contributed by atoms with Gasteiger partial charge in [0.25, 0.3) is 0 Å². The van der Waals surface area contributed by atoms with E-state index < -0.39 is 5.60 Å². The molecular formula is C19H30N2O3S. The summed E-state index contributed by atoms with van der Waals surface area (Å²) in [6, 6.07) is 4.14. The molecule has 1 N–H and O–H groups in total. The molecule has 2 heterocycles. The van der Waals surface area contributed by atoms with Crippen LogP contribution in [0.2, 0.25) is 0 Å². The van der Waals surface area contributed by atoms with Gasteiger partial charge in [0, 0.05) is 23.9 Å². The van der Waals surface area contributed by atoms with Crippen molar-refractivity contribution in [2.24, 2.45) is 11.8 Å². The summed E-state index contributed by atoms with van der Waals surface area (Å²) in [7, 11) is 0. The van der Waals surface area contributed by atoms with Gasteiger partial charge in [-0.05, 0) is 51.0 Å². The average molecular weight is 367 g/mol. The summed E-state index contributed by atoms with van der Waals surface area (Å²) in [5.74, 6) is 0.389. The smallest absolute Gasteiger partial charge is 0.410 e. The molecule has 0 radical (unpaired) electrons. The molecule has 1 aliphatic rings. The summed E-state index contributed by atoms with van der Waals surface area (Å²) in [5, 5.41) is 5.25. The van der Waals surface area contributed by atoms with Gasteiger partial charge in [0.15, 0.2) is 0 Å². The molecule has 0 aromatic carbocycles. The summed E-state index contributed by atoms with van der Waals surface area (Å²) < 4.78 is 5.41. The van der Waals surface area contributed by atoms with Gasteiger partial charge in [-0.15, -0.1) is 11.3 Å². The number of rotatable bonds is 4. The molecule has 5 nitrogen and oxygen atoms in total. The predicted molar refractivity (Wildman–Crippen MR) is 101 cm³/mol. The molecule has 0 saturated carbocycles. The summed E-state index contributed by atoms with van der Waals surface area (Å²) in [6.45, 7) is 11.0. The van der Waals surface area contributed by atoms with Gasteiger partial charge in [-0.2, -0.15) is 0 Å². The van der Waals surface area contributed by atoms with Crippen molar-refractivity contribution in [2.75, 3.05) is 13.1 Å². The van der Waals surface area contributed by atoms with E-state index in [0.717, 1.165) is 0 Å². The Balaban J connectivity index is 1.87. The number of piperidine rings is 1. The average Bonchev–Trinajstić information content (AvgIpc) is 3.04. The third-order valence-corrected chi connectivity index (χ3v) is 5.29. The highest BCUT2D eigenvalue weighted by Crippen LogP contribution is 2.27. The molecule has 1 saturated heterocycles. The van der Waals surface area contributed by atoms with Crippen molar-refractivity contribution < 1.29 is 14.3 Å². The minimum absolute atomic E-state index is 0.0418.